The van der Waals surface area contributed by atoms with E-state index in [4.69, 9.17) is 37.7 Å². The molecule has 0 spiro atoms. The summed E-state index contributed by atoms with van der Waals surface area (Å²) in [5.74, 6) is 1.34. The van der Waals surface area contributed by atoms with Crippen LogP contribution in [0.25, 0.3) is 0 Å². The molecule has 3 aromatic rings. The molecular formula is C30H30Cl2N4O4. The zero-order chi connectivity index (χ0) is 28.4. The van der Waals surface area contributed by atoms with Gasteiger partial charge in [-0.15, -0.1) is 0 Å². The average Bonchev–Trinajstić information content (AvgIpc) is 3.33. The topological polar surface area (TPSA) is 83.5 Å². The van der Waals surface area contributed by atoms with Crippen LogP contribution in [-0.4, -0.2) is 60.4 Å². The third kappa shape index (κ3) is 5.60. The van der Waals surface area contributed by atoms with E-state index in [2.05, 4.69) is 5.32 Å². The molecule has 0 unspecified atom stereocenters. The van der Waals surface area contributed by atoms with Crippen LogP contribution in [0, 0.1) is 0 Å². The van der Waals surface area contributed by atoms with E-state index in [1.54, 1.807) is 36.3 Å². The van der Waals surface area contributed by atoms with Crippen LogP contribution in [0.4, 0.5) is 4.79 Å². The van der Waals surface area contributed by atoms with E-state index in [0.29, 0.717) is 46.0 Å². The monoisotopic (exact) mass is 580 g/mol. The number of methoxy groups -OCH3 is 1. The molecule has 1 saturated heterocycles. The normalized spacial score (nSPS) is 18.9. The molecule has 0 bridgehead atoms. The molecular weight excluding hydrogens is 551 g/mol. The number of amidine groups is 1. The number of nitrogens with zero attached hydrogens (tertiary/aromatic N) is 3. The van der Waals surface area contributed by atoms with Crippen LogP contribution in [0.5, 0.6) is 11.5 Å². The third-order valence-electron chi connectivity index (χ3n) is 6.81. The van der Waals surface area contributed by atoms with Crippen molar-refractivity contribution in [1.29, 1.82) is 0 Å². The van der Waals surface area contributed by atoms with E-state index >= 15 is 0 Å². The van der Waals surface area contributed by atoms with Crippen molar-refractivity contribution in [2.24, 2.45) is 4.99 Å². The van der Waals surface area contributed by atoms with Gasteiger partial charge < -0.3 is 19.7 Å². The first-order valence-electron chi connectivity index (χ1n) is 13.0. The summed E-state index contributed by atoms with van der Waals surface area (Å²) >= 11 is 13.0. The first kappa shape index (κ1) is 27.8. The second kappa shape index (κ2) is 11.8. The number of piperazine rings is 1. The lowest BCUT2D eigenvalue weighted by Gasteiger charge is -2.36. The third-order valence-corrected chi connectivity index (χ3v) is 7.41. The molecule has 208 valence electrons. The molecule has 2 aliphatic rings. The molecule has 2 heterocycles. The van der Waals surface area contributed by atoms with Gasteiger partial charge >= 0.3 is 6.03 Å². The summed E-state index contributed by atoms with van der Waals surface area (Å²) < 4.78 is 11.7. The minimum Gasteiger partial charge on any atom is -0.497 e. The number of ether oxygens (including phenoxy) is 2. The van der Waals surface area contributed by atoms with E-state index in [9.17, 15) is 9.59 Å². The first-order valence-corrected chi connectivity index (χ1v) is 13.8. The van der Waals surface area contributed by atoms with Gasteiger partial charge in [-0.1, -0.05) is 53.5 Å². The Morgan fingerprint density at radius 1 is 1.07 bits per heavy atom. The first-order chi connectivity index (χ1) is 19.3. The van der Waals surface area contributed by atoms with Crippen LogP contribution in [0.2, 0.25) is 10.0 Å². The van der Waals surface area contributed by atoms with Crippen molar-refractivity contribution in [3.8, 4) is 11.5 Å². The fourth-order valence-corrected chi connectivity index (χ4v) is 5.38. The molecule has 10 heteroatoms. The lowest BCUT2D eigenvalue weighted by atomic mass is 9.93. The second-order valence-electron chi connectivity index (χ2n) is 9.87. The zero-order valence-electron chi connectivity index (χ0n) is 22.4. The highest BCUT2D eigenvalue weighted by molar-refractivity contribution is 6.31. The summed E-state index contributed by atoms with van der Waals surface area (Å²) in [6.45, 7) is 4.54. The number of hydrogen-bond donors (Lipinski definition) is 1. The summed E-state index contributed by atoms with van der Waals surface area (Å²) in [5, 5.41) is 3.88. The molecule has 0 aromatic heterocycles. The number of nitrogens with one attached hydrogen (secondary N) is 1. The maximum absolute atomic E-state index is 14.4. The van der Waals surface area contributed by atoms with Gasteiger partial charge in [0.25, 0.3) is 0 Å². The summed E-state index contributed by atoms with van der Waals surface area (Å²) in [6.07, 6.45) is -0.144. The van der Waals surface area contributed by atoms with Crippen LogP contribution < -0.4 is 14.8 Å². The number of carbonyl (C=O) groups is 2. The Labute approximate surface area is 243 Å². The molecule has 3 amide bonds. The van der Waals surface area contributed by atoms with Crippen molar-refractivity contribution in [3.05, 3.63) is 93.5 Å². The van der Waals surface area contributed by atoms with Gasteiger partial charge in [0.1, 0.15) is 29.9 Å². The van der Waals surface area contributed by atoms with E-state index in [1.165, 1.54) is 4.90 Å². The molecule has 2 aliphatic heterocycles. The average molecular weight is 582 g/mol. The Morgan fingerprint density at radius 2 is 1.82 bits per heavy atom. The largest absolute Gasteiger partial charge is 0.497 e. The maximum Gasteiger partial charge on any atom is 0.326 e. The molecule has 0 aliphatic carbocycles. The van der Waals surface area contributed by atoms with E-state index < -0.39 is 12.1 Å². The summed E-state index contributed by atoms with van der Waals surface area (Å²) in [7, 11) is 1.59. The van der Waals surface area contributed by atoms with Crippen LogP contribution in [0.3, 0.4) is 0 Å². The summed E-state index contributed by atoms with van der Waals surface area (Å²) in [6, 6.07) is 18.8. The minimum atomic E-state index is -0.601. The predicted molar refractivity (Wildman–Crippen MR) is 155 cm³/mol. The van der Waals surface area contributed by atoms with Gasteiger partial charge in [0.05, 0.1) is 24.8 Å². The smallest absolute Gasteiger partial charge is 0.326 e. The van der Waals surface area contributed by atoms with Gasteiger partial charge in [0, 0.05) is 29.2 Å². The van der Waals surface area contributed by atoms with Crippen molar-refractivity contribution < 1.29 is 19.1 Å². The highest BCUT2D eigenvalue weighted by Crippen LogP contribution is 2.47. The van der Waals surface area contributed by atoms with Gasteiger partial charge in [0.15, 0.2) is 0 Å². The van der Waals surface area contributed by atoms with Crippen molar-refractivity contribution in [1.82, 2.24) is 15.1 Å². The van der Waals surface area contributed by atoms with Crippen molar-refractivity contribution in [2.45, 2.75) is 32.0 Å². The molecule has 5 rings (SSSR count). The molecule has 3 aromatic carbocycles. The Bertz CT molecular complexity index is 1440. The van der Waals surface area contributed by atoms with Gasteiger partial charge in [0.2, 0.25) is 5.91 Å². The van der Waals surface area contributed by atoms with Gasteiger partial charge in [-0.2, -0.15) is 0 Å². The van der Waals surface area contributed by atoms with Crippen LogP contribution in [-0.2, 0) is 4.79 Å². The van der Waals surface area contributed by atoms with Gasteiger partial charge in [-0.05, 0) is 55.3 Å². The van der Waals surface area contributed by atoms with E-state index in [-0.39, 0.29) is 24.6 Å². The lowest BCUT2D eigenvalue weighted by molar-refractivity contribution is -0.123. The zero-order valence-corrected chi connectivity index (χ0v) is 23.9. The number of rotatable bonds is 6. The number of halogens is 2. The molecule has 8 nitrogen and oxygen atoms in total. The van der Waals surface area contributed by atoms with Crippen LogP contribution in [0.15, 0.2) is 71.7 Å². The van der Waals surface area contributed by atoms with Crippen LogP contribution >= 0.6 is 23.2 Å². The molecule has 2 atom stereocenters. The van der Waals surface area contributed by atoms with Gasteiger partial charge in [-0.3, -0.25) is 14.7 Å². The highest BCUT2D eigenvalue weighted by Gasteiger charge is 2.45. The van der Waals surface area contributed by atoms with E-state index in [0.717, 1.165) is 11.1 Å². The molecule has 40 heavy (non-hydrogen) atoms. The number of aliphatic imine (C=N–C) groups is 1. The van der Waals surface area contributed by atoms with Crippen molar-refractivity contribution >= 4 is 41.0 Å². The summed E-state index contributed by atoms with van der Waals surface area (Å²) in [5.41, 5.74) is 2.22. The molecule has 0 radical (unpaired) electrons. The second-order valence-corrected chi connectivity index (χ2v) is 10.7. The lowest BCUT2D eigenvalue weighted by Crippen LogP contribution is -2.55. The standard InChI is InChI=1S/C30H30Cl2N4O4/c1-18(2)40-25-16-21(39-3)12-13-23(25)29-34-27(19-8-10-20(31)11-9-19)28(22-6-4-5-7-24(22)32)36(29)30(38)35-15-14-33-26(37)17-35/h4-13,16,18,27-28H,14-15,17H2,1-3H3,(H,33,37)/t27-,28+/m0/s1. The molecule has 0 saturated carbocycles. The minimum absolute atomic E-state index is 0.0541. The molecule has 1 N–H and O–H groups in total. The number of urea groups is 1. The number of hydrogen-bond acceptors (Lipinski definition) is 5. The van der Waals surface area contributed by atoms with Crippen molar-refractivity contribution in [2.75, 3.05) is 26.7 Å². The maximum atomic E-state index is 14.4. The van der Waals surface area contributed by atoms with E-state index in [1.807, 2.05) is 56.3 Å². The predicted octanol–water partition coefficient (Wildman–Crippen LogP) is 5.89. The quantitative estimate of drug-likeness (QED) is 0.394. The number of carbonyl (C=O) groups excluding carboxylic acids is 2. The SMILES string of the molecule is COc1ccc(C2=N[C@@H](c3ccc(Cl)cc3)[C@@H](c3ccccc3Cl)N2C(=O)N2CCNC(=O)C2)c(OC(C)C)c1. The number of amides is 3. The number of benzene rings is 3. The Kier molecular flexibility index (Phi) is 8.19. The molecule has 1 fully saturated rings. The Morgan fingerprint density at radius 3 is 2.50 bits per heavy atom. The van der Waals surface area contributed by atoms with Crippen molar-refractivity contribution in [3.63, 3.8) is 0 Å². The van der Waals surface area contributed by atoms with Gasteiger partial charge in [-0.25, -0.2) is 4.79 Å². The Hall–Kier alpha value is -3.75. The highest BCUT2D eigenvalue weighted by atomic mass is 35.5. The van der Waals surface area contributed by atoms with Crippen LogP contribution in [0.1, 0.15) is 42.6 Å². The fraction of sp³-hybridized carbons (Fsp3) is 0.300. The Balaban J connectivity index is 1.72. The fourth-order valence-electron chi connectivity index (χ4n) is 5.01. The summed E-state index contributed by atoms with van der Waals surface area (Å²) in [4.78, 5) is 35.0.